The Morgan fingerprint density at radius 1 is 1.05 bits per heavy atom. The summed E-state index contributed by atoms with van der Waals surface area (Å²) < 4.78 is 6.32. The largest absolute Gasteiger partial charge is 0.481 e. The molecule has 0 amide bonds. The van der Waals surface area contributed by atoms with Crippen LogP contribution >= 0.6 is 0 Å². The Labute approximate surface area is 124 Å². The maximum Gasteiger partial charge on any atom is 0.307 e. The second kappa shape index (κ2) is 6.69. The Bertz CT molecular complexity index is 447. The van der Waals surface area contributed by atoms with Gasteiger partial charge in [0.05, 0.1) is 6.42 Å². The maximum absolute atomic E-state index is 10.6. The van der Waals surface area contributed by atoms with E-state index in [1.807, 2.05) is 24.3 Å². The van der Waals surface area contributed by atoms with Crippen molar-refractivity contribution in [2.45, 2.75) is 51.6 Å². The summed E-state index contributed by atoms with van der Waals surface area (Å²) in [6.45, 7) is 11.3. The first kappa shape index (κ1) is 17.1. The van der Waals surface area contributed by atoms with Crippen molar-refractivity contribution in [1.82, 2.24) is 0 Å². The van der Waals surface area contributed by atoms with Crippen molar-refractivity contribution in [3.05, 3.63) is 35.4 Å². The van der Waals surface area contributed by atoms with E-state index in [-0.39, 0.29) is 6.42 Å². The zero-order chi connectivity index (χ0) is 15.4. The van der Waals surface area contributed by atoms with Crippen LogP contribution in [0.3, 0.4) is 0 Å². The lowest BCUT2D eigenvalue weighted by Crippen LogP contribution is -2.42. The Kier molecular flexibility index (Phi) is 5.73. The van der Waals surface area contributed by atoms with Crippen LogP contribution in [-0.2, 0) is 21.8 Å². The average Bonchev–Trinajstić information content (AvgIpc) is 2.24. The number of carbonyl (C=O) groups is 1. The van der Waals surface area contributed by atoms with Gasteiger partial charge in [-0.05, 0) is 56.3 Å². The average molecular weight is 311 g/mol. The number of hydrogen-bond acceptors (Lipinski definition) is 2. The van der Waals surface area contributed by atoms with Gasteiger partial charge < -0.3 is 9.22 Å². The number of hydrogen-bond donors (Lipinski definition) is 1. The lowest BCUT2D eigenvalue weighted by molar-refractivity contribution is -0.136. The number of benzene rings is 1. The van der Waals surface area contributed by atoms with E-state index in [0.29, 0.717) is 0 Å². The standard InChI is InChI=1S/C15H26O3Si2/c1-19(2,3)18-20(4,5)11-10-13-6-8-14(9-7-13)12-15(16)17/h6-9H,10-12H2,1-5H3,(H,16,17). The fraction of sp³-hybridized carbons (Fsp3) is 0.533. The topological polar surface area (TPSA) is 46.5 Å². The molecule has 0 aliphatic heterocycles. The van der Waals surface area contributed by atoms with Crippen LogP contribution in [0.1, 0.15) is 11.1 Å². The summed E-state index contributed by atoms with van der Waals surface area (Å²) in [6.07, 6.45) is 1.11. The van der Waals surface area contributed by atoms with Gasteiger partial charge in [-0.1, -0.05) is 24.3 Å². The lowest BCUT2D eigenvalue weighted by Gasteiger charge is -2.31. The molecule has 0 saturated heterocycles. The number of carboxylic acids is 1. The predicted octanol–water partition coefficient (Wildman–Crippen LogP) is 3.91. The van der Waals surface area contributed by atoms with Gasteiger partial charge in [0.1, 0.15) is 0 Å². The van der Waals surface area contributed by atoms with Crippen molar-refractivity contribution in [1.29, 1.82) is 0 Å². The van der Waals surface area contributed by atoms with E-state index in [2.05, 4.69) is 32.7 Å². The third kappa shape index (κ3) is 7.02. The minimum absolute atomic E-state index is 0.0965. The third-order valence-corrected chi connectivity index (χ3v) is 9.09. The lowest BCUT2D eigenvalue weighted by atomic mass is 10.1. The molecule has 1 rings (SSSR count). The molecule has 112 valence electrons. The first-order valence-electron chi connectivity index (χ1n) is 7.07. The van der Waals surface area contributed by atoms with Crippen LogP contribution in [0.25, 0.3) is 0 Å². The second-order valence-electron chi connectivity index (χ2n) is 6.86. The van der Waals surface area contributed by atoms with Crippen LogP contribution in [0, 0.1) is 0 Å². The highest BCUT2D eigenvalue weighted by Crippen LogP contribution is 2.20. The minimum Gasteiger partial charge on any atom is -0.481 e. The first-order chi connectivity index (χ1) is 9.07. The highest BCUT2D eigenvalue weighted by atomic mass is 28.4. The van der Waals surface area contributed by atoms with E-state index < -0.39 is 22.6 Å². The van der Waals surface area contributed by atoms with Crippen LogP contribution in [0.15, 0.2) is 24.3 Å². The smallest absolute Gasteiger partial charge is 0.307 e. The first-order valence-corrected chi connectivity index (χ1v) is 13.6. The molecule has 3 nitrogen and oxygen atoms in total. The van der Waals surface area contributed by atoms with Crippen molar-refractivity contribution in [2.24, 2.45) is 0 Å². The molecule has 0 aliphatic rings. The maximum atomic E-state index is 10.6. The number of carboxylic acid groups (broad SMARTS) is 1. The minimum atomic E-state index is -1.59. The van der Waals surface area contributed by atoms with Gasteiger partial charge in [-0.2, -0.15) is 0 Å². The summed E-state index contributed by atoms with van der Waals surface area (Å²) in [5.74, 6) is -0.783. The van der Waals surface area contributed by atoms with E-state index in [1.54, 1.807) is 0 Å². The Hall–Kier alpha value is -0.916. The fourth-order valence-corrected chi connectivity index (χ4v) is 10.3. The molecule has 0 radical (unpaired) electrons. The zero-order valence-corrected chi connectivity index (χ0v) is 15.2. The summed E-state index contributed by atoms with van der Waals surface area (Å²) in [7, 11) is -3.06. The quantitative estimate of drug-likeness (QED) is 0.777. The molecule has 1 aromatic rings. The van der Waals surface area contributed by atoms with Gasteiger partial charge in [0, 0.05) is 0 Å². The van der Waals surface area contributed by atoms with Crippen LogP contribution in [-0.4, -0.2) is 27.7 Å². The number of aryl methyl sites for hydroxylation is 1. The Morgan fingerprint density at radius 3 is 2.00 bits per heavy atom. The highest BCUT2D eigenvalue weighted by molar-refractivity contribution is 6.84. The summed E-state index contributed by atoms with van der Waals surface area (Å²) >= 11 is 0. The fourth-order valence-electron chi connectivity index (χ4n) is 2.32. The summed E-state index contributed by atoms with van der Waals surface area (Å²) in [6, 6.07) is 9.01. The number of rotatable bonds is 7. The molecule has 0 atom stereocenters. The summed E-state index contributed by atoms with van der Waals surface area (Å²) in [5, 5.41) is 8.75. The van der Waals surface area contributed by atoms with E-state index in [4.69, 9.17) is 9.22 Å². The van der Waals surface area contributed by atoms with Gasteiger partial charge in [-0.25, -0.2) is 0 Å². The molecule has 5 heteroatoms. The van der Waals surface area contributed by atoms with Crippen LogP contribution < -0.4 is 0 Å². The molecule has 20 heavy (non-hydrogen) atoms. The monoisotopic (exact) mass is 310 g/mol. The third-order valence-electron chi connectivity index (χ3n) is 2.98. The van der Waals surface area contributed by atoms with Crippen LogP contribution in [0.4, 0.5) is 0 Å². The highest BCUT2D eigenvalue weighted by Gasteiger charge is 2.29. The van der Waals surface area contributed by atoms with Crippen LogP contribution in [0.2, 0.25) is 38.8 Å². The molecule has 0 aliphatic carbocycles. The van der Waals surface area contributed by atoms with E-state index in [0.717, 1.165) is 18.0 Å². The van der Waals surface area contributed by atoms with E-state index in [9.17, 15) is 4.79 Å². The summed E-state index contributed by atoms with van der Waals surface area (Å²) in [4.78, 5) is 10.6. The van der Waals surface area contributed by atoms with Crippen molar-refractivity contribution in [3.8, 4) is 0 Å². The van der Waals surface area contributed by atoms with Gasteiger partial charge in [0.15, 0.2) is 16.6 Å². The molecule has 0 fully saturated rings. The van der Waals surface area contributed by atoms with Crippen molar-refractivity contribution in [3.63, 3.8) is 0 Å². The molecule has 0 aromatic heterocycles. The predicted molar refractivity (Wildman–Crippen MR) is 88.2 cm³/mol. The molecule has 0 spiro atoms. The van der Waals surface area contributed by atoms with Crippen molar-refractivity contribution < 1.29 is 14.0 Å². The molecule has 1 aromatic carbocycles. The molecule has 0 heterocycles. The molecule has 1 N–H and O–H groups in total. The van der Waals surface area contributed by atoms with E-state index in [1.165, 1.54) is 5.56 Å². The normalized spacial score (nSPS) is 12.4. The zero-order valence-electron chi connectivity index (χ0n) is 13.2. The van der Waals surface area contributed by atoms with Crippen molar-refractivity contribution >= 4 is 22.6 Å². The molecular formula is C15H26O3Si2. The SMILES string of the molecule is C[Si](C)(C)O[Si](C)(C)CCc1ccc(CC(=O)O)cc1. The molecule has 0 unspecified atom stereocenters. The second-order valence-corrected chi connectivity index (χ2v) is 15.9. The Balaban J connectivity index is 2.55. The Morgan fingerprint density at radius 2 is 1.55 bits per heavy atom. The molecule has 0 saturated carbocycles. The molecule has 0 bridgehead atoms. The van der Waals surface area contributed by atoms with Crippen LogP contribution in [0.5, 0.6) is 0 Å². The van der Waals surface area contributed by atoms with Crippen molar-refractivity contribution in [2.75, 3.05) is 0 Å². The van der Waals surface area contributed by atoms with Gasteiger partial charge in [-0.15, -0.1) is 0 Å². The van der Waals surface area contributed by atoms with E-state index >= 15 is 0 Å². The molecular weight excluding hydrogens is 284 g/mol. The van der Waals surface area contributed by atoms with Gasteiger partial charge >= 0.3 is 5.97 Å². The summed E-state index contributed by atoms with van der Waals surface area (Å²) in [5.41, 5.74) is 2.12. The van der Waals surface area contributed by atoms with Gasteiger partial charge in [0.2, 0.25) is 0 Å². The van der Waals surface area contributed by atoms with Gasteiger partial charge in [0.25, 0.3) is 0 Å². The number of aliphatic carboxylic acids is 1. The van der Waals surface area contributed by atoms with Gasteiger partial charge in [-0.3, -0.25) is 4.79 Å².